The Bertz CT molecular complexity index is 213. The Kier molecular flexibility index (Phi) is 2.21. The SMILES string of the molecule is [CH2]CC(=C)c1ccccn1. The minimum absolute atomic E-state index is 0.719. The summed E-state index contributed by atoms with van der Waals surface area (Å²) in [5, 5.41) is 0. The molecule has 0 spiro atoms. The van der Waals surface area contributed by atoms with Crippen molar-refractivity contribution in [2.75, 3.05) is 0 Å². The lowest BCUT2D eigenvalue weighted by atomic mass is 10.1. The van der Waals surface area contributed by atoms with Crippen molar-refractivity contribution < 1.29 is 0 Å². The Morgan fingerprint density at radius 2 is 2.30 bits per heavy atom. The van der Waals surface area contributed by atoms with E-state index >= 15 is 0 Å². The van der Waals surface area contributed by atoms with Crippen molar-refractivity contribution in [3.63, 3.8) is 0 Å². The van der Waals surface area contributed by atoms with E-state index in [9.17, 15) is 0 Å². The van der Waals surface area contributed by atoms with Crippen LogP contribution in [0, 0.1) is 6.92 Å². The normalized spacial score (nSPS) is 9.30. The molecule has 1 aromatic heterocycles. The Hall–Kier alpha value is -1.11. The largest absolute Gasteiger partial charge is 0.257 e. The molecule has 1 aromatic rings. The van der Waals surface area contributed by atoms with Crippen molar-refractivity contribution in [2.45, 2.75) is 6.42 Å². The molecule has 0 unspecified atom stereocenters. The van der Waals surface area contributed by atoms with Gasteiger partial charge in [-0.1, -0.05) is 12.6 Å². The minimum atomic E-state index is 0.719. The molecule has 1 rings (SSSR count). The van der Waals surface area contributed by atoms with Gasteiger partial charge in [-0.15, -0.1) is 0 Å². The van der Waals surface area contributed by atoms with Crippen LogP contribution >= 0.6 is 0 Å². The summed E-state index contributed by atoms with van der Waals surface area (Å²) in [7, 11) is 0. The lowest BCUT2D eigenvalue weighted by molar-refractivity contribution is 1.24. The van der Waals surface area contributed by atoms with Crippen LogP contribution in [0.15, 0.2) is 31.0 Å². The van der Waals surface area contributed by atoms with Crippen LogP contribution in [-0.4, -0.2) is 4.98 Å². The highest BCUT2D eigenvalue weighted by molar-refractivity contribution is 5.59. The van der Waals surface area contributed by atoms with Gasteiger partial charge < -0.3 is 0 Å². The van der Waals surface area contributed by atoms with Gasteiger partial charge >= 0.3 is 0 Å². The summed E-state index contributed by atoms with van der Waals surface area (Å²) in [6, 6.07) is 5.77. The topological polar surface area (TPSA) is 12.9 Å². The van der Waals surface area contributed by atoms with Crippen LogP contribution in [-0.2, 0) is 0 Å². The summed E-state index contributed by atoms with van der Waals surface area (Å²) in [4.78, 5) is 4.11. The number of aromatic nitrogens is 1. The van der Waals surface area contributed by atoms with Crippen molar-refractivity contribution in [3.8, 4) is 0 Å². The van der Waals surface area contributed by atoms with Crippen LogP contribution in [0.1, 0.15) is 12.1 Å². The van der Waals surface area contributed by atoms with E-state index in [1.165, 1.54) is 0 Å². The van der Waals surface area contributed by atoms with E-state index in [1.54, 1.807) is 6.20 Å². The van der Waals surface area contributed by atoms with Crippen molar-refractivity contribution in [2.24, 2.45) is 0 Å². The standard InChI is InChI=1S/C9H10N/c1-3-8(2)9-6-4-5-7-10-9/h4-7H,1-3H2. The van der Waals surface area contributed by atoms with Crippen LogP contribution in [0.5, 0.6) is 0 Å². The Morgan fingerprint density at radius 1 is 1.50 bits per heavy atom. The highest BCUT2D eigenvalue weighted by Crippen LogP contribution is 2.10. The maximum Gasteiger partial charge on any atom is 0.0655 e. The van der Waals surface area contributed by atoms with Gasteiger partial charge in [0.1, 0.15) is 0 Å². The van der Waals surface area contributed by atoms with Crippen molar-refractivity contribution in [1.82, 2.24) is 4.98 Å². The molecule has 1 heterocycles. The maximum absolute atomic E-state index is 4.11. The molecule has 0 atom stereocenters. The molecule has 0 N–H and O–H groups in total. The van der Waals surface area contributed by atoms with Gasteiger partial charge in [0.25, 0.3) is 0 Å². The number of pyridine rings is 1. The van der Waals surface area contributed by atoms with Crippen LogP contribution in [0.25, 0.3) is 5.57 Å². The fourth-order valence-corrected chi connectivity index (χ4v) is 0.700. The Balaban J connectivity index is 2.85. The second-order valence-corrected chi connectivity index (χ2v) is 2.07. The van der Waals surface area contributed by atoms with Crippen LogP contribution in [0.2, 0.25) is 0 Å². The van der Waals surface area contributed by atoms with E-state index in [1.807, 2.05) is 18.2 Å². The van der Waals surface area contributed by atoms with Gasteiger partial charge in [-0.3, -0.25) is 4.98 Å². The van der Waals surface area contributed by atoms with Gasteiger partial charge in [0.05, 0.1) is 5.69 Å². The van der Waals surface area contributed by atoms with E-state index < -0.39 is 0 Å². The smallest absolute Gasteiger partial charge is 0.0655 e. The van der Waals surface area contributed by atoms with E-state index in [-0.39, 0.29) is 0 Å². The van der Waals surface area contributed by atoms with Crippen molar-refractivity contribution in [3.05, 3.63) is 43.6 Å². The lowest BCUT2D eigenvalue weighted by Gasteiger charge is -1.98. The van der Waals surface area contributed by atoms with Gasteiger partial charge in [-0.25, -0.2) is 0 Å². The summed E-state index contributed by atoms with van der Waals surface area (Å²) in [5.41, 5.74) is 1.93. The predicted octanol–water partition coefficient (Wildman–Crippen LogP) is 2.32. The number of allylic oxidation sites excluding steroid dienone is 1. The van der Waals surface area contributed by atoms with Gasteiger partial charge in [0, 0.05) is 6.20 Å². The first-order chi connectivity index (χ1) is 4.84. The maximum atomic E-state index is 4.11. The highest BCUT2D eigenvalue weighted by atomic mass is 14.7. The Morgan fingerprint density at radius 3 is 2.80 bits per heavy atom. The second kappa shape index (κ2) is 3.16. The zero-order valence-corrected chi connectivity index (χ0v) is 5.88. The molecular formula is C9H10N. The van der Waals surface area contributed by atoms with Gasteiger partial charge in [0.2, 0.25) is 0 Å². The third-order valence-electron chi connectivity index (χ3n) is 1.33. The summed E-state index contributed by atoms with van der Waals surface area (Å²) >= 11 is 0. The molecule has 0 aliphatic carbocycles. The molecule has 0 saturated carbocycles. The van der Waals surface area contributed by atoms with E-state index in [0.717, 1.165) is 17.7 Å². The van der Waals surface area contributed by atoms with Crippen molar-refractivity contribution >= 4 is 5.57 Å². The molecule has 0 aliphatic rings. The number of nitrogens with zero attached hydrogens (tertiary/aromatic N) is 1. The first-order valence-electron chi connectivity index (χ1n) is 3.23. The molecule has 0 aliphatic heterocycles. The van der Waals surface area contributed by atoms with Crippen LogP contribution < -0.4 is 0 Å². The molecule has 10 heavy (non-hydrogen) atoms. The lowest BCUT2D eigenvalue weighted by Crippen LogP contribution is -1.83. The molecule has 0 fully saturated rings. The molecule has 1 heteroatoms. The predicted molar refractivity (Wildman–Crippen MR) is 43.2 cm³/mol. The zero-order chi connectivity index (χ0) is 7.40. The molecule has 1 nitrogen and oxygen atoms in total. The monoisotopic (exact) mass is 132 g/mol. The first kappa shape index (κ1) is 7.00. The number of hydrogen-bond donors (Lipinski definition) is 0. The fraction of sp³-hybridized carbons (Fsp3) is 0.111. The summed E-state index contributed by atoms with van der Waals surface area (Å²) in [6.07, 6.45) is 2.48. The molecule has 1 radical (unpaired) electrons. The van der Waals surface area contributed by atoms with E-state index in [0.29, 0.717) is 0 Å². The second-order valence-electron chi connectivity index (χ2n) is 2.07. The first-order valence-corrected chi connectivity index (χ1v) is 3.23. The van der Waals surface area contributed by atoms with Crippen LogP contribution in [0.3, 0.4) is 0 Å². The van der Waals surface area contributed by atoms with Crippen molar-refractivity contribution in [1.29, 1.82) is 0 Å². The average Bonchev–Trinajstić information content (AvgIpc) is 2.05. The molecule has 0 saturated heterocycles. The number of hydrogen-bond acceptors (Lipinski definition) is 1. The summed E-state index contributed by atoms with van der Waals surface area (Å²) < 4.78 is 0. The van der Waals surface area contributed by atoms with E-state index in [2.05, 4.69) is 18.5 Å². The molecule has 0 amide bonds. The zero-order valence-electron chi connectivity index (χ0n) is 5.88. The molecule has 0 bridgehead atoms. The molecular weight excluding hydrogens is 122 g/mol. The number of rotatable bonds is 2. The molecule has 51 valence electrons. The third-order valence-corrected chi connectivity index (χ3v) is 1.33. The van der Waals surface area contributed by atoms with Gasteiger partial charge in [0.15, 0.2) is 0 Å². The van der Waals surface area contributed by atoms with E-state index in [4.69, 9.17) is 0 Å². The van der Waals surface area contributed by atoms with Gasteiger partial charge in [-0.2, -0.15) is 0 Å². The third kappa shape index (κ3) is 1.44. The summed E-state index contributed by atoms with van der Waals surface area (Å²) in [6.45, 7) is 7.54. The quantitative estimate of drug-likeness (QED) is 0.601. The Labute approximate surface area is 61.4 Å². The fourth-order valence-electron chi connectivity index (χ4n) is 0.700. The summed E-state index contributed by atoms with van der Waals surface area (Å²) in [5.74, 6) is 0. The average molecular weight is 132 g/mol. The van der Waals surface area contributed by atoms with Crippen LogP contribution in [0.4, 0.5) is 0 Å². The minimum Gasteiger partial charge on any atom is -0.257 e. The molecule has 0 aromatic carbocycles. The highest BCUT2D eigenvalue weighted by Gasteiger charge is 1.93. The van der Waals surface area contributed by atoms with Gasteiger partial charge in [-0.05, 0) is 31.1 Å².